The van der Waals surface area contributed by atoms with Gasteiger partial charge in [0.2, 0.25) is 0 Å². The third-order valence-corrected chi connectivity index (χ3v) is 12.5. The number of benzene rings is 8. The van der Waals surface area contributed by atoms with Gasteiger partial charge in [-0.2, -0.15) is 0 Å². The van der Waals surface area contributed by atoms with Gasteiger partial charge in [0.1, 0.15) is 0 Å². The van der Waals surface area contributed by atoms with Crippen LogP contribution in [0.2, 0.25) is 0 Å². The van der Waals surface area contributed by atoms with E-state index in [2.05, 4.69) is 205 Å². The molecule has 2 unspecified atom stereocenters. The van der Waals surface area contributed by atoms with Crippen LogP contribution in [0.3, 0.4) is 0 Å². The summed E-state index contributed by atoms with van der Waals surface area (Å²) in [7, 11) is 0. The number of hydrogen-bond donors (Lipinski definition) is 0. The van der Waals surface area contributed by atoms with E-state index in [4.69, 9.17) is 0 Å². The Balaban J connectivity index is 0.989. The Morgan fingerprint density at radius 2 is 1.02 bits per heavy atom. The highest BCUT2D eigenvalue weighted by Crippen LogP contribution is 2.43. The third-order valence-electron chi connectivity index (χ3n) is 11.4. The highest BCUT2D eigenvalue weighted by molar-refractivity contribution is 7.25. The highest BCUT2D eigenvalue weighted by Gasteiger charge is 2.24. The second-order valence-electron chi connectivity index (χ2n) is 14.5. The maximum Gasteiger partial charge on any atom is 0.0476 e. The van der Waals surface area contributed by atoms with Crippen molar-refractivity contribution in [3.8, 4) is 11.1 Å². The van der Waals surface area contributed by atoms with Crippen molar-refractivity contribution in [2.24, 2.45) is 11.8 Å². The normalized spacial score (nSPS) is 16.4. The summed E-state index contributed by atoms with van der Waals surface area (Å²) in [6.45, 7) is 0. The molecule has 1 nitrogen and oxygen atoms in total. The molecule has 11 rings (SSSR count). The summed E-state index contributed by atoms with van der Waals surface area (Å²) in [4.78, 5) is 2.40. The summed E-state index contributed by atoms with van der Waals surface area (Å²) < 4.78 is 2.62. The first-order valence-electron chi connectivity index (χ1n) is 18.8. The van der Waals surface area contributed by atoms with Crippen LogP contribution in [0.4, 0.5) is 17.1 Å². The molecule has 254 valence electrons. The van der Waals surface area contributed by atoms with Crippen LogP contribution in [0.15, 0.2) is 200 Å². The monoisotopic (exact) mass is 705 g/mol. The van der Waals surface area contributed by atoms with E-state index in [1.807, 2.05) is 11.3 Å². The summed E-state index contributed by atoms with van der Waals surface area (Å²) in [6.07, 6.45) is 15.8. The van der Waals surface area contributed by atoms with Gasteiger partial charge in [0.05, 0.1) is 0 Å². The first-order chi connectivity index (χ1) is 26.7. The van der Waals surface area contributed by atoms with Crippen molar-refractivity contribution in [2.45, 2.75) is 0 Å². The van der Waals surface area contributed by atoms with Crippen molar-refractivity contribution >= 4 is 86.5 Å². The Labute approximate surface area is 318 Å². The first-order valence-corrected chi connectivity index (χ1v) is 19.6. The van der Waals surface area contributed by atoms with Gasteiger partial charge >= 0.3 is 0 Å². The Morgan fingerprint density at radius 3 is 1.87 bits per heavy atom. The van der Waals surface area contributed by atoms with Crippen LogP contribution in [0.25, 0.3) is 69.2 Å². The minimum atomic E-state index is 0.373. The predicted molar refractivity (Wildman–Crippen MR) is 234 cm³/mol. The molecule has 2 aliphatic rings. The van der Waals surface area contributed by atoms with Crippen LogP contribution < -0.4 is 4.90 Å². The van der Waals surface area contributed by atoms with Crippen molar-refractivity contribution in [2.75, 3.05) is 4.90 Å². The molecule has 9 aromatic rings. The van der Waals surface area contributed by atoms with Gasteiger partial charge in [-0.25, -0.2) is 0 Å². The minimum absolute atomic E-state index is 0.373. The van der Waals surface area contributed by atoms with Gasteiger partial charge in [0, 0.05) is 49.1 Å². The SMILES string of the molecule is C1=CC2C=CC=C(c3ccc(N(c4ccc(-c5ccc6c(ccc7ccc8ccccc8c76)c5)cc4)c4ccc5c(c4)sc4ccccc45)cc3)C2C=C1. The van der Waals surface area contributed by atoms with Gasteiger partial charge in [0.25, 0.3) is 0 Å². The molecular weight excluding hydrogens is 671 g/mol. The number of nitrogens with zero attached hydrogens (tertiary/aromatic N) is 1. The van der Waals surface area contributed by atoms with Crippen LogP contribution >= 0.6 is 11.3 Å². The lowest BCUT2D eigenvalue weighted by Crippen LogP contribution is -2.15. The fraction of sp³-hybridized carbons (Fsp3) is 0.0385. The van der Waals surface area contributed by atoms with E-state index in [0.29, 0.717) is 11.8 Å². The quantitative estimate of drug-likeness (QED) is 0.161. The second kappa shape index (κ2) is 12.6. The molecule has 1 heterocycles. The first kappa shape index (κ1) is 31.1. The Morgan fingerprint density at radius 1 is 0.407 bits per heavy atom. The molecule has 0 amide bonds. The predicted octanol–water partition coefficient (Wildman–Crippen LogP) is 15.0. The fourth-order valence-electron chi connectivity index (χ4n) is 8.73. The van der Waals surface area contributed by atoms with Crippen molar-refractivity contribution < 1.29 is 0 Å². The van der Waals surface area contributed by atoms with Gasteiger partial charge in [-0.1, -0.05) is 152 Å². The molecule has 0 aliphatic heterocycles. The van der Waals surface area contributed by atoms with Crippen molar-refractivity contribution in [1.29, 1.82) is 0 Å². The number of fused-ring (bicyclic) bond motifs is 9. The fourth-order valence-corrected chi connectivity index (χ4v) is 9.87. The minimum Gasteiger partial charge on any atom is -0.310 e. The summed E-state index contributed by atoms with van der Waals surface area (Å²) in [6, 6.07) is 58.5. The van der Waals surface area contributed by atoms with Crippen LogP contribution in [-0.4, -0.2) is 0 Å². The molecule has 2 atom stereocenters. The molecule has 8 aromatic carbocycles. The van der Waals surface area contributed by atoms with Gasteiger partial charge in [-0.15, -0.1) is 11.3 Å². The van der Waals surface area contributed by atoms with E-state index in [1.54, 1.807) is 0 Å². The molecule has 0 N–H and O–H groups in total. The Hall–Kier alpha value is -6.48. The molecule has 0 saturated carbocycles. The van der Waals surface area contributed by atoms with E-state index < -0.39 is 0 Å². The van der Waals surface area contributed by atoms with E-state index >= 15 is 0 Å². The smallest absolute Gasteiger partial charge is 0.0476 e. The van der Waals surface area contributed by atoms with Crippen molar-refractivity contribution in [3.63, 3.8) is 0 Å². The maximum atomic E-state index is 2.40. The van der Waals surface area contributed by atoms with Crippen molar-refractivity contribution in [1.82, 2.24) is 0 Å². The zero-order valence-corrected chi connectivity index (χ0v) is 30.4. The van der Waals surface area contributed by atoms with E-state index in [9.17, 15) is 0 Å². The zero-order valence-electron chi connectivity index (χ0n) is 29.6. The molecule has 0 fully saturated rings. The van der Waals surface area contributed by atoms with Gasteiger partial charge < -0.3 is 4.90 Å². The molecule has 54 heavy (non-hydrogen) atoms. The van der Waals surface area contributed by atoms with Gasteiger partial charge in [-0.3, -0.25) is 0 Å². The average Bonchev–Trinajstić information content (AvgIpc) is 3.62. The Kier molecular flexibility index (Phi) is 7.24. The average molecular weight is 706 g/mol. The lowest BCUT2D eigenvalue weighted by molar-refractivity contribution is 0.678. The van der Waals surface area contributed by atoms with Crippen LogP contribution in [-0.2, 0) is 0 Å². The molecule has 2 aliphatic carbocycles. The van der Waals surface area contributed by atoms with E-state index in [1.165, 1.54) is 74.8 Å². The van der Waals surface area contributed by atoms with Crippen LogP contribution in [0.1, 0.15) is 5.56 Å². The second-order valence-corrected chi connectivity index (χ2v) is 15.6. The molecule has 1 aromatic heterocycles. The third kappa shape index (κ3) is 5.14. The van der Waals surface area contributed by atoms with Crippen LogP contribution in [0, 0.1) is 11.8 Å². The van der Waals surface area contributed by atoms with Crippen LogP contribution in [0.5, 0.6) is 0 Å². The standard InChI is InChI=1S/C52H35NS/c1-3-11-44-35(8-1)10-7-14-45(44)37-22-27-42(28-23-37)53(43-29-31-49-48-13-5-6-15-50(48)54-51(49)33-43)41-25-20-34(21-26-41)39-24-30-47-40(32-39)19-18-38-17-16-36-9-2-4-12-46(36)52(38)47/h1-33,35,44H. The molecular formula is C52H35NS. The molecule has 0 bridgehead atoms. The van der Waals surface area contributed by atoms with Gasteiger partial charge in [0.15, 0.2) is 0 Å². The number of thiophene rings is 1. The topological polar surface area (TPSA) is 3.24 Å². The zero-order chi connectivity index (χ0) is 35.6. The summed E-state index contributed by atoms with van der Waals surface area (Å²) in [5.41, 5.74) is 8.48. The summed E-state index contributed by atoms with van der Waals surface area (Å²) >= 11 is 1.86. The molecule has 0 radical (unpaired) electrons. The highest BCUT2D eigenvalue weighted by atomic mass is 32.1. The number of allylic oxidation sites excluding steroid dienone is 8. The summed E-state index contributed by atoms with van der Waals surface area (Å²) in [5, 5.41) is 10.4. The van der Waals surface area contributed by atoms with Gasteiger partial charge in [-0.05, 0) is 103 Å². The lowest BCUT2D eigenvalue weighted by atomic mass is 9.77. The molecule has 2 heteroatoms. The molecule has 0 saturated heterocycles. The molecule has 0 spiro atoms. The lowest BCUT2D eigenvalue weighted by Gasteiger charge is -2.28. The van der Waals surface area contributed by atoms with Crippen molar-refractivity contribution in [3.05, 3.63) is 206 Å². The van der Waals surface area contributed by atoms with E-state index in [-0.39, 0.29) is 0 Å². The van der Waals surface area contributed by atoms with E-state index in [0.717, 1.165) is 17.1 Å². The number of anilines is 3. The largest absolute Gasteiger partial charge is 0.310 e. The Bertz CT molecular complexity index is 3050. The number of rotatable bonds is 5. The number of hydrogen-bond acceptors (Lipinski definition) is 2. The maximum absolute atomic E-state index is 2.40. The summed E-state index contributed by atoms with van der Waals surface area (Å²) in [5.74, 6) is 0.789.